The van der Waals surface area contributed by atoms with E-state index >= 15 is 0 Å². The minimum Gasteiger partial charge on any atom is -0.345 e. The number of aromatic nitrogens is 1. The molecule has 1 aliphatic rings. The van der Waals surface area contributed by atoms with E-state index in [-0.39, 0.29) is 0 Å². The van der Waals surface area contributed by atoms with E-state index in [4.69, 9.17) is 4.98 Å². The Balaban J connectivity index is 2.10. The van der Waals surface area contributed by atoms with Crippen LogP contribution in [-0.4, -0.2) is 24.1 Å². The molecule has 2 rings (SSSR count). The molecule has 3 nitrogen and oxygen atoms in total. The first kappa shape index (κ1) is 14.8. The largest absolute Gasteiger partial charge is 0.345 e. The van der Waals surface area contributed by atoms with Gasteiger partial charge in [0, 0.05) is 24.0 Å². The van der Waals surface area contributed by atoms with Crippen molar-refractivity contribution < 1.29 is 0 Å². The monoisotopic (exact) mass is 281 g/mol. The summed E-state index contributed by atoms with van der Waals surface area (Å²) in [7, 11) is 0. The molecule has 1 N–H and O–H groups in total. The van der Waals surface area contributed by atoms with Gasteiger partial charge < -0.3 is 10.2 Å². The smallest absolute Gasteiger partial charge is 0.185 e. The van der Waals surface area contributed by atoms with Crippen LogP contribution in [-0.2, 0) is 0 Å². The first-order chi connectivity index (χ1) is 9.26. The van der Waals surface area contributed by atoms with Crippen LogP contribution in [0, 0.1) is 0 Å². The van der Waals surface area contributed by atoms with Crippen LogP contribution in [0.25, 0.3) is 0 Å². The van der Waals surface area contributed by atoms with Crippen LogP contribution >= 0.6 is 11.3 Å². The van der Waals surface area contributed by atoms with Gasteiger partial charge in [0.1, 0.15) is 0 Å². The molecule has 1 saturated heterocycles. The molecule has 1 aromatic heterocycles. The SMILES string of the molecule is CCNC(C)c1csc(N2CCCCCC2CC)n1. The Hall–Kier alpha value is -0.610. The molecule has 1 fully saturated rings. The van der Waals surface area contributed by atoms with E-state index in [9.17, 15) is 0 Å². The first-order valence-electron chi connectivity index (χ1n) is 7.71. The van der Waals surface area contributed by atoms with Crippen molar-refractivity contribution in [2.24, 2.45) is 0 Å². The fourth-order valence-corrected chi connectivity index (χ4v) is 3.89. The highest BCUT2D eigenvalue weighted by molar-refractivity contribution is 7.13. The Morgan fingerprint density at radius 3 is 3.00 bits per heavy atom. The Bertz CT molecular complexity index is 377. The summed E-state index contributed by atoms with van der Waals surface area (Å²) < 4.78 is 0. The Morgan fingerprint density at radius 1 is 1.42 bits per heavy atom. The lowest BCUT2D eigenvalue weighted by molar-refractivity contribution is 0.551. The summed E-state index contributed by atoms with van der Waals surface area (Å²) in [6, 6.07) is 1.05. The maximum atomic E-state index is 4.87. The molecule has 0 spiro atoms. The maximum absolute atomic E-state index is 4.87. The van der Waals surface area contributed by atoms with Gasteiger partial charge in [0.2, 0.25) is 0 Å². The zero-order valence-electron chi connectivity index (χ0n) is 12.5. The summed E-state index contributed by atoms with van der Waals surface area (Å²) >= 11 is 1.81. The number of hydrogen-bond acceptors (Lipinski definition) is 4. The number of nitrogens with zero attached hydrogens (tertiary/aromatic N) is 2. The van der Waals surface area contributed by atoms with Crippen molar-refractivity contribution in [3.05, 3.63) is 11.1 Å². The van der Waals surface area contributed by atoms with Gasteiger partial charge in [-0.2, -0.15) is 0 Å². The molecule has 1 aromatic rings. The van der Waals surface area contributed by atoms with Gasteiger partial charge in [0.25, 0.3) is 0 Å². The summed E-state index contributed by atoms with van der Waals surface area (Å²) in [5, 5.41) is 6.89. The fourth-order valence-electron chi connectivity index (χ4n) is 2.87. The highest BCUT2D eigenvalue weighted by Crippen LogP contribution is 2.30. The summed E-state index contributed by atoms with van der Waals surface area (Å²) in [6.45, 7) is 8.82. The van der Waals surface area contributed by atoms with Crippen LogP contribution in [0.3, 0.4) is 0 Å². The Kier molecular flexibility index (Phi) is 5.64. The van der Waals surface area contributed by atoms with Crippen LogP contribution in [0.4, 0.5) is 5.13 Å². The molecule has 0 aromatic carbocycles. The Labute approximate surface area is 121 Å². The second-order valence-electron chi connectivity index (χ2n) is 5.44. The van der Waals surface area contributed by atoms with Crippen molar-refractivity contribution in [3.8, 4) is 0 Å². The molecule has 1 aliphatic heterocycles. The molecule has 19 heavy (non-hydrogen) atoms. The van der Waals surface area contributed by atoms with Crippen LogP contribution in [0.15, 0.2) is 5.38 Å². The molecule has 4 heteroatoms. The lowest BCUT2D eigenvalue weighted by Gasteiger charge is -2.28. The zero-order chi connectivity index (χ0) is 13.7. The molecular weight excluding hydrogens is 254 g/mol. The van der Waals surface area contributed by atoms with Crippen molar-refractivity contribution in [1.82, 2.24) is 10.3 Å². The highest BCUT2D eigenvalue weighted by Gasteiger charge is 2.22. The van der Waals surface area contributed by atoms with Crippen LogP contribution in [0.1, 0.15) is 64.6 Å². The standard InChI is InChI=1S/C15H27N3S/c1-4-13-9-7-6-8-10-18(13)15-17-14(11-19-15)12(3)16-5-2/h11-13,16H,4-10H2,1-3H3. The first-order valence-corrected chi connectivity index (χ1v) is 8.59. The van der Waals surface area contributed by atoms with Gasteiger partial charge >= 0.3 is 0 Å². The van der Waals surface area contributed by atoms with Gasteiger partial charge in [-0.1, -0.05) is 26.7 Å². The second-order valence-corrected chi connectivity index (χ2v) is 6.28. The number of thiazole rings is 1. The van der Waals surface area contributed by atoms with Crippen molar-refractivity contribution in [2.75, 3.05) is 18.0 Å². The van der Waals surface area contributed by atoms with E-state index in [1.54, 1.807) is 0 Å². The summed E-state index contributed by atoms with van der Waals surface area (Å²) in [6.07, 6.45) is 6.63. The van der Waals surface area contributed by atoms with Crippen LogP contribution in [0.5, 0.6) is 0 Å². The summed E-state index contributed by atoms with van der Waals surface area (Å²) in [4.78, 5) is 7.43. The lowest BCUT2D eigenvalue weighted by Crippen LogP contribution is -2.34. The highest BCUT2D eigenvalue weighted by atomic mass is 32.1. The molecule has 0 amide bonds. The molecule has 0 aliphatic carbocycles. The van der Waals surface area contributed by atoms with E-state index < -0.39 is 0 Å². The molecule has 108 valence electrons. The molecule has 0 saturated carbocycles. The number of rotatable bonds is 5. The third-order valence-electron chi connectivity index (χ3n) is 4.06. The molecule has 2 unspecified atom stereocenters. The van der Waals surface area contributed by atoms with Crippen LogP contribution < -0.4 is 10.2 Å². The number of nitrogens with one attached hydrogen (secondary N) is 1. The molecule has 2 atom stereocenters. The summed E-state index contributed by atoms with van der Waals surface area (Å²) in [5.41, 5.74) is 1.20. The number of hydrogen-bond donors (Lipinski definition) is 1. The predicted octanol–water partition coefficient (Wildman–Crippen LogP) is 3.97. The quantitative estimate of drug-likeness (QED) is 0.885. The van der Waals surface area contributed by atoms with E-state index in [0.29, 0.717) is 12.1 Å². The van der Waals surface area contributed by atoms with Crippen LogP contribution in [0.2, 0.25) is 0 Å². The molecule has 2 heterocycles. The van der Waals surface area contributed by atoms with Crippen molar-refractivity contribution >= 4 is 16.5 Å². The third kappa shape index (κ3) is 3.69. The average Bonchev–Trinajstić information content (AvgIpc) is 2.78. The second kappa shape index (κ2) is 7.25. The maximum Gasteiger partial charge on any atom is 0.185 e. The van der Waals surface area contributed by atoms with Crippen molar-refractivity contribution in [3.63, 3.8) is 0 Å². The normalized spacial score (nSPS) is 22.3. The minimum atomic E-state index is 0.363. The topological polar surface area (TPSA) is 28.2 Å². The van der Waals surface area contributed by atoms with Crippen molar-refractivity contribution in [1.29, 1.82) is 0 Å². The van der Waals surface area contributed by atoms with Gasteiger partial charge in [0.15, 0.2) is 5.13 Å². The third-order valence-corrected chi connectivity index (χ3v) is 4.95. The fraction of sp³-hybridized carbons (Fsp3) is 0.800. The molecular formula is C15H27N3S. The van der Waals surface area contributed by atoms with Gasteiger partial charge in [-0.3, -0.25) is 0 Å². The summed E-state index contributed by atoms with van der Waals surface area (Å²) in [5.74, 6) is 0. The van der Waals surface area contributed by atoms with E-state index in [0.717, 1.165) is 6.54 Å². The number of anilines is 1. The van der Waals surface area contributed by atoms with Crippen molar-refractivity contribution in [2.45, 2.75) is 65.0 Å². The molecule has 0 radical (unpaired) electrons. The van der Waals surface area contributed by atoms with E-state index in [1.165, 1.54) is 49.5 Å². The van der Waals surface area contributed by atoms with E-state index in [1.807, 2.05) is 11.3 Å². The van der Waals surface area contributed by atoms with Gasteiger partial charge in [0.05, 0.1) is 5.69 Å². The average molecular weight is 281 g/mol. The van der Waals surface area contributed by atoms with Gasteiger partial charge in [-0.25, -0.2) is 4.98 Å². The van der Waals surface area contributed by atoms with Gasteiger partial charge in [-0.15, -0.1) is 11.3 Å². The van der Waals surface area contributed by atoms with E-state index in [2.05, 4.69) is 36.4 Å². The minimum absolute atomic E-state index is 0.363. The van der Waals surface area contributed by atoms with Gasteiger partial charge in [-0.05, 0) is 32.7 Å². The predicted molar refractivity (Wildman–Crippen MR) is 84.1 cm³/mol. The zero-order valence-corrected chi connectivity index (χ0v) is 13.3. The molecule has 0 bridgehead atoms. The Morgan fingerprint density at radius 2 is 2.26 bits per heavy atom. The lowest BCUT2D eigenvalue weighted by atomic mass is 10.1.